The molecular weight excluding hydrogens is 338 g/mol. The van der Waals surface area contributed by atoms with Crippen molar-refractivity contribution in [3.63, 3.8) is 0 Å². The van der Waals surface area contributed by atoms with Crippen LogP contribution in [0.3, 0.4) is 0 Å². The number of anilines is 3. The molecule has 0 bridgehead atoms. The van der Waals surface area contributed by atoms with Crippen LogP contribution in [0.15, 0.2) is 30.6 Å². The van der Waals surface area contributed by atoms with Crippen molar-refractivity contribution in [3.05, 3.63) is 41.9 Å². The van der Waals surface area contributed by atoms with Gasteiger partial charge in [-0.1, -0.05) is 19.8 Å². The maximum atomic E-state index is 12.1. The van der Waals surface area contributed by atoms with Crippen molar-refractivity contribution < 1.29 is 4.79 Å². The van der Waals surface area contributed by atoms with E-state index >= 15 is 0 Å². The molecule has 0 saturated carbocycles. The first-order valence-electron chi connectivity index (χ1n) is 9.81. The summed E-state index contributed by atoms with van der Waals surface area (Å²) < 4.78 is 0. The van der Waals surface area contributed by atoms with Gasteiger partial charge in [0.2, 0.25) is 0 Å². The average Bonchev–Trinajstić information content (AvgIpc) is 2.68. The molecule has 6 nitrogen and oxygen atoms in total. The zero-order valence-corrected chi connectivity index (χ0v) is 16.9. The van der Waals surface area contributed by atoms with Crippen molar-refractivity contribution in [2.45, 2.75) is 47.0 Å². The van der Waals surface area contributed by atoms with E-state index in [-0.39, 0.29) is 5.91 Å². The lowest BCUT2D eigenvalue weighted by Crippen LogP contribution is -2.25. The van der Waals surface area contributed by atoms with E-state index in [1.165, 1.54) is 11.9 Å². The smallest absolute Gasteiger partial charge is 0.271 e. The second kappa shape index (κ2) is 10.5. The van der Waals surface area contributed by atoms with Gasteiger partial charge in [0.05, 0.1) is 12.4 Å². The number of hydrogen-bond acceptors (Lipinski definition) is 5. The van der Waals surface area contributed by atoms with Crippen LogP contribution in [0, 0.1) is 6.92 Å². The molecule has 27 heavy (non-hydrogen) atoms. The number of amides is 1. The minimum Gasteiger partial charge on any atom is -0.372 e. The molecule has 1 heterocycles. The maximum Gasteiger partial charge on any atom is 0.271 e. The summed E-state index contributed by atoms with van der Waals surface area (Å²) in [5, 5.41) is 6.15. The molecule has 0 aliphatic heterocycles. The van der Waals surface area contributed by atoms with Gasteiger partial charge in [0.15, 0.2) is 0 Å². The molecular formula is C21H31N5O. The van der Waals surface area contributed by atoms with E-state index in [0.29, 0.717) is 18.1 Å². The van der Waals surface area contributed by atoms with Crippen LogP contribution in [-0.2, 0) is 0 Å². The number of carbonyl (C=O) groups excluding carboxylic acids is 1. The van der Waals surface area contributed by atoms with Crippen LogP contribution in [-0.4, -0.2) is 35.5 Å². The molecule has 6 heteroatoms. The summed E-state index contributed by atoms with van der Waals surface area (Å²) in [5.74, 6) is 0.445. The fourth-order valence-corrected chi connectivity index (χ4v) is 2.89. The normalized spacial score (nSPS) is 10.5. The maximum absolute atomic E-state index is 12.1. The van der Waals surface area contributed by atoms with E-state index in [4.69, 9.17) is 0 Å². The molecule has 2 rings (SSSR count). The predicted molar refractivity (Wildman–Crippen MR) is 112 cm³/mol. The number of nitrogens with one attached hydrogen (secondary N) is 2. The molecule has 2 aromatic rings. The summed E-state index contributed by atoms with van der Waals surface area (Å²) in [5.41, 5.74) is 3.67. The summed E-state index contributed by atoms with van der Waals surface area (Å²) in [6.45, 7) is 11.2. The van der Waals surface area contributed by atoms with Crippen molar-refractivity contribution in [3.8, 4) is 0 Å². The van der Waals surface area contributed by atoms with Crippen LogP contribution in [0.1, 0.15) is 56.1 Å². The lowest BCUT2D eigenvalue weighted by molar-refractivity contribution is 0.0947. The van der Waals surface area contributed by atoms with Crippen LogP contribution in [0.25, 0.3) is 0 Å². The van der Waals surface area contributed by atoms with Gasteiger partial charge in [-0.25, -0.2) is 9.97 Å². The zero-order valence-electron chi connectivity index (χ0n) is 16.9. The Labute approximate surface area is 162 Å². The summed E-state index contributed by atoms with van der Waals surface area (Å²) >= 11 is 0. The van der Waals surface area contributed by atoms with Crippen LogP contribution < -0.4 is 15.5 Å². The van der Waals surface area contributed by atoms with Gasteiger partial charge in [-0.2, -0.15) is 0 Å². The van der Waals surface area contributed by atoms with Gasteiger partial charge in [0, 0.05) is 31.0 Å². The van der Waals surface area contributed by atoms with Crippen LogP contribution in [0.5, 0.6) is 0 Å². The van der Waals surface area contributed by atoms with Crippen molar-refractivity contribution >= 4 is 23.1 Å². The lowest BCUT2D eigenvalue weighted by atomic mass is 10.1. The Hall–Kier alpha value is -2.63. The number of benzene rings is 1. The third-order valence-electron chi connectivity index (χ3n) is 4.55. The standard InChI is InChI=1S/C21H31N5O/c1-5-8-9-12-22-21(27)19-14-24-20(15-23-19)25-18-11-10-17(13-16(18)4)26(6-2)7-3/h10-11,13-15H,5-9,12H2,1-4H3,(H,22,27)(H,24,25). The molecule has 146 valence electrons. The molecule has 1 aromatic heterocycles. The highest BCUT2D eigenvalue weighted by Crippen LogP contribution is 2.24. The Bertz CT molecular complexity index is 726. The zero-order chi connectivity index (χ0) is 19.6. The van der Waals surface area contributed by atoms with Gasteiger partial charge < -0.3 is 15.5 Å². The molecule has 0 aliphatic rings. The number of aryl methyl sites for hydroxylation is 1. The predicted octanol–water partition coefficient (Wildman–Crippen LogP) is 4.29. The van der Waals surface area contributed by atoms with Gasteiger partial charge in [-0.05, 0) is 51.0 Å². The van der Waals surface area contributed by atoms with Gasteiger partial charge in [0.25, 0.3) is 5.91 Å². The third kappa shape index (κ3) is 5.94. The van der Waals surface area contributed by atoms with E-state index in [1.807, 2.05) is 0 Å². The highest BCUT2D eigenvalue weighted by atomic mass is 16.1. The van der Waals surface area contributed by atoms with Gasteiger partial charge in [-0.15, -0.1) is 0 Å². The number of aromatic nitrogens is 2. The summed E-state index contributed by atoms with van der Waals surface area (Å²) in [6.07, 6.45) is 6.33. The molecule has 0 unspecified atom stereocenters. The van der Waals surface area contributed by atoms with E-state index in [0.717, 1.165) is 43.6 Å². The minimum absolute atomic E-state index is 0.176. The van der Waals surface area contributed by atoms with Gasteiger partial charge >= 0.3 is 0 Å². The summed E-state index contributed by atoms with van der Waals surface area (Å²) in [6, 6.07) is 6.33. The van der Waals surface area contributed by atoms with Crippen molar-refractivity contribution in [2.75, 3.05) is 29.9 Å². The molecule has 0 spiro atoms. The number of unbranched alkanes of at least 4 members (excludes halogenated alkanes) is 2. The third-order valence-corrected chi connectivity index (χ3v) is 4.55. The highest BCUT2D eigenvalue weighted by molar-refractivity contribution is 5.92. The van der Waals surface area contributed by atoms with Crippen LogP contribution in [0.2, 0.25) is 0 Å². The second-order valence-corrected chi connectivity index (χ2v) is 6.55. The SMILES string of the molecule is CCCCCNC(=O)c1cnc(Nc2ccc(N(CC)CC)cc2C)cn1. The molecule has 2 N–H and O–H groups in total. The number of carbonyl (C=O) groups is 1. The molecule has 0 radical (unpaired) electrons. The first-order chi connectivity index (χ1) is 13.1. The lowest BCUT2D eigenvalue weighted by Gasteiger charge is -2.22. The van der Waals surface area contributed by atoms with E-state index < -0.39 is 0 Å². The average molecular weight is 370 g/mol. The van der Waals surface area contributed by atoms with E-state index in [2.05, 4.69) is 71.4 Å². The minimum atomic E-state index is -0.176. The quantitative estimate of drug-likeness (QED) is 0.611. The topological polar surface area (TPSA) is 70.2 Å². The summed E-state index contributed by atoms with van der Waals surface area (Å²) in [7, 11) is 0. The first kappa shape index (κ1) is 20.7. The van der Waals surface area contributed by atoms with Crippen LogP contribution >= 0.6 is 0 Å². The second-order valence-electron chi connectivity index (χ2n) is 6.55. The monoisotopic (exact) mass is 369 g/mol. The van der Waals surface area contributed by atoms with Gasteiger partial charge in [-0.3, -0.25) is 4.79 Å². The van der Waals surface area contributed by atoms with E-state index in [1.54, 1.807) is 6.20 Å². The Morgan fingerprint density at radius 3 is 2.44 bits per heavy atom. The fourth-order valence-electron chi connectivity index (χ4n) is 2.89. The molecule has 0 aliphatic carbocycles. The van der Waals surface area contributed by atoms with Crippen LogP contribution in [0.4, 0.5) is 17.2 Å². The largest absolute Gasteiger partial charge is 0.372 e. The van der Waals surface area contributed by atoms with Crippen molar-refractivity contribution in [2.24, 2.45) is 0 Å². The Morgan fingerprint density at radius 2 is 1.85 bits per heavy atom. The van der Waals surface area contributed by atoms with E-state index in [9.17, 15) is 4.79 Å². The Balaban J connectivity index is 1.99. The highest BCUT2D eigenvalue weighted by Gasteiger charge is 2.09. The van der Waals surface area contributed by atoms with Crippen molar-refractivity contribution in [1.82, 2.24) is 15.3 Å². The molecule has 1 amide bonds. The number of hydrogen-bond donors (Lipinski definition) is 2. The Morgan fingerprint density at radius 1 is 1.07 bits per heavy atom. The molecule has 0 saturated heterocycles. The molecule has 0 atom stereocenters. The first-order valence-corrected chi connectivity index (χ1v) is 9.81. The van der Waals surface area contributed by atoms with Gasteiger partial charge in [0.1, 0.15) is 11.5 Å². The number of nitrogens with zero attached hydrogens (tertiary/aromatic N) is 3. The molecule has 0 fully saturated rings. The number of rotatable bonds is 10. The fraction of sp³-hybridized carbons (Fsp3) is 0.476. The Kier molecular flexibility index (Phi) is 8.04. The van der Waals surface area contributed by atoms with Crippen molar-refractivity contribution in [1.29, 1.82) is 0 Å². The molecule has 1 aromatic carbocycles. The summed E-state index contributed by atoms with van der Waals surface area (Å²) in [4.78, 5) is 22.9.